The smallest absolute Gasteiger partial charge is 0.416 e. The Hall–Kier alpha value is -2.32. The fourth-order valence-corrected chi connectivity index (χ4v) is 1.71. The van der Waals surface area contributed by atoms with Gasteiger partial charge in [0.15, 0.2) is 0 Å². The largest absolute Gasteiger partial charge is 0.450 e. The minimum atomic E-state index is -4.71. The van der Waals surface area contributed by atoms with Gasteiger partial charge in [-0.2, -0.15) is 13.2 Å². The second-order valence-corrected chi connectivity index (χ2v) is 4.47. The molecular formula is C14H16F4N2O3. The fourth-order valence-electron chi connectivity index (χ4n) is 1.71. The molecule has 23 heavy (non-hydrogen) atoms. The van der Waals surface area contributed by atoms with Crippen LogP contribution in [-0.2, 0) is 22.3 Å². The summed E-state index contributed by atoms with van der Waals surface area (Å²) in [5.74, 6) is -1.56. The number of carbonyl (C=O) groups is 2. The summed E-state index contributed by atoms with van der Waals surface area (Å²) in [6.07, 6.45) is -5.52. The molecule has 5 nitrogen and oxygen atoms in total. The van der Waals surface area contributed by atoms with Crippen LogP contribution < -0.4 is 10.6 Å². The molecule has 0 saturated carbocycles. The fraction of sp³-hybridized carbons (Fsp3) is 0.429. The average molecular weight is 336 g/mol. The zero-order valence-electron chi connectivity index (χ0n) is 12.3. The van der Waals surface area contributed by atoms with Gasteiger partial charge in [-0.15, -0.1) is 0 Å². The molecule has 1 aromatic carbocycles. The van der Waals surface area contributed by atoms with E-state index in [4.69, 9.17) is 0 Å². The Balaban J connectivity index is 2.52. The number of ether oxygens (including phenoxy) is 1. The van der Waals surface area contributed by atoms with Gasteiger partial charge in [0.25, 0.3) is 0 Å². The maximum atomic E-state index is 12.9. The van der Waals surface area contributed by atoms with Crippen LogP contribution in [0.3, 0.4) is 0 Å². The highest BCUT2D eigenvalue weighted by Gasteiger charge is 2.33. The summed E-state index contributed by atoms with van der Waals surface area (Å²) in [6, 6.07) is 2.23. The van der Waals surface area contributed by atoms with Gasteiger partial charge in [0.1, 0.15) is 5.82 Å². The van der Waals surface area contributed by atoms with E-state index in [1.165, 1.54) is 0 Å². The van der Waals surface area contributed by atoms with Crippen molar-refractivity contribution < 1.29 is 31.9 Å². The van der Waals surface area contributed by atoms with Gasteiger partial charge in [-0.05, 0) is 24.6 Å². The molecule has 0 unspecified atom stereocenters. The number of amides is 2. The van der Waals surface area contributed by atoms with Crippen molar-refractivity contribution in [3.8, 4) is 0 Å². The second-order valence-electron chi connectivity index (χ2n) is 4.47. The van der Waals surface area contributed by atoms with Crippen molar-refractivity contribution in [2.45, 2.75) is 26.1 Å². The molecule has 0 radical (unpaired) electrons. The Morgan fingerprint density at radius 2 is 1.91 bits per heavy atom. The van der Waals surface area contributed by atoms with Crippen LogP contribution >= 0.6 is 0 Å². The van der Waals surface area contributed by atoms with Gasteiger partial charge in [0, 0.05) is 19.5 Å². The lowest BCUT2D eigenvalue weighted by molar-refractivity contribution is -0.138. The SMILES string of the molecule is CCOC(=O)NCCC(=O)NCc1ccc(F)cc1C(F)(F)F. The van der Waals surface area contributed by atoms with Crippen LogP contribution in [0.1, 0.15) is 24.5 Å². The predicted octanol–water partition coefficient (Wildman–Crippen LogP) is 2.60. The first kappa shape index (κ1) is 18.7. The molecule has 0 aliphatic heterocycles. The Morgan fingerprint density at radius 3 is 2.52 bits per heavy atom. The number of benzene rings is 1. The first-order chi connectivity index (χ1) is 10.7. The number of nitrogens with one attached hydrogen (secondary N) is 2. The van der Waals surface area contributed by atoms with Crippen LogP contribution in [0.2, 0.25) is 0 Å². The minimum absolute atomic E-state index is 0.0137. The standard InChI is InChI=1S/C14H16F4N2O3/c1-2-23-13(22)19-6-5-12(21)20-8-9-3-4-10(15)7-11(9)14(16,17)18/h3-4,7H,2,5-6,8H2,1H3,(H,19,22)(H,20,21). The van der Waals surface area contributed by atoms with Crippen molar-refractivity contribution >= 4 is 12.0 Å². The monoisotopic (exact) mass is 336 g/mol. The molecule has 0 aromatic heterocycles. The molecule has 0 atom stereocenters. The van der Waals surface area contributed by atoms with Crippen LogP contribution in [0.5, 0.6) is 0 Å². The highest BCUT2D eigenvalue weighted by atomic mass is 19.4. The van der Waals surface area contributed by atoms with Gasteiger partial charge in [-0.25, -0.2) is 9.18 Å². The van der Waals surface area contributed by atoms with Crippen molar-refractivity contribution in [3.05, 3.63) is 35.1 Å². The van der Waals surface area contributed by atoms with Crippen LogP contribution in [0.4, 0.5) is 22.4 Å². The Kier molecular flexibility index (Phi) is 6.80. The van der Waals surface area contributed by atoms with Crippen LogP contribution in [0.15, 0.2) is 18.2 Å². The number of halogens is 4. The molecule has 0 aliphatic rings. The van der Waals surface area contributed by atoms with E-state index in [9.17, 15) is 27.2 Å². The van der Waals surface area contributed by atoms with Gasteiger partial charge in [0.05, 0.1) is 12.2 Å². The summed E-state index contributed by atoms with van der Waals surface area (Å²) in [4.78, 5) is 22.5. The van der Waals surface area contributed by atoms with E-state index in [-0.39, 0.29) is 25.1 Å². The van der Waals surface area contributed by atoms with E-state index in [1.54, 1.807) is 6.92 Å². The quantitative estimate of drug-likeness (QED) is 0.785. The number of carbonyl (C=O) groups excluding carboxylic acids is 2. The molecule has 2 amide bonds. The molecule has 2 N–H and O–H groups in total. The number of alkyl carbamates (subject to hydrolysis) is 1. The third kappa shape index (κ3) is 6.54. The summed E-state index contributed by atoms with van der Waals surface area (Å²) in [6.45, 7) is 1.39. The molecule has 128 valence electrons. The van der Waals surface area contributed by atoms with Crippen LogP contribution in [-0.4, -0.2) is 25.2 Å². The van der Waals surface area contributed by atoms with E-state index in [0.29, 0.717) is 6.07 Å². The Labute approximate surface area is 130 Å². The molecule has 9 heteroatoms. The number of hydrogen-bond acceptors (Lipinski definition) is 3. The molecule has 0 aliphatic carbocycles. The molecule has 0 spiro atoms. The Bertz CT molecular complexity index is 561. The molecule has 1 rings (SSSR count). The minimum Gasteiger partial charge on any atom is -0.450 e. The Morgan fingerprint density at radius 1 is 1.22 bits per heavy atom. The number of alkyl halides is 3. The van der Waals surface area contributed by atoms with Crippen LogP contribution in [0, 0.1) is 5.82 Å². The van der Waals surface area contributed by atoms with E-state index in [0.717, 1.165) is 12.1 Å². The van der Waals surface area contributed by atoms with Gasteiger partial charge in [-0.1, -0.05) is 6.07 Å². The predicted molar refractivity (Wildman–Crippen MR) is 72.9 cm³/mol. The van der Waals surface area contributed by atoms with E-state index in [2.05, 4.69) is 15.4 Å². The molecule has 1 aromatic rings. The summed E-state index contributed by atoms with van der Waals surface area (Å²) < 4.78 is 55.8. The van der Waals surface area contributed by atoms with Crippen LogP contribution in [0.25, 0.3) is 0 Å². The first-order valence-corrected chi connectivity index (χ1v) is 6.77. The lowest BCUT2D eigenvalue weighted by Crippen LogP contribution is -2.31. The number of rotatable bonds is 6. The van der Waals surface area contributed by atoms with Crippen molar-refractivity contribution in [1.82, 2.24) is 10.6 Å². The normalized spacial score (nSPS) is 11.0. The van der Waals surface area contributed by atoms with Gasteiger partial charge in [-0.3, -0.25) is 4.79 Å². The van der Waals surface area contributed by atoms with Crippen molar-refractivity contribution in [1.29, 1.82) is 0 Å². The van der Waals surface area contributed by atoms with E-state index < -0.39 is 36.1 Å². The third-order valence-corrected chi connectivity index (χ3v) is 2.75. The van der Waals surface area contributed by atoms with Crippen molar-refractivity contribution in [2.75, 3.05) is 13.2 Å². The number of hydrogen-bond donors (Lipinski definition) is 2. The van der Waals surface area contributed by atoms with Gasteiger partial charge in [0.2, 0.25) is 5.91 Å². The third-order valence-electron chi connectivity index (χ3n) is 2.75. The molecular weight excluding hydrogens is 320 g/mol. The van der Waals surface area contributed by atoms with E-state index in [1.807, 2.05) is 0 Å². The molecule has 0 heterocycles. The summed E-state index contributed by atoms with van der Waals surface area (Å²) in [5.41, 5.74) is -1.38. The zero-order valence-corrected chi connectivity index (χ0v) is 12.3. The lowest BCUT2D eigenvalue weighted by Gasteiger charge is -2.13. The van der Waals surface area contributed by atoms with Crippen molar-refractivity contribution in [3.63, 3.8) is 0 Å². The average Bonchev–Trinajstić information content (AvgIpc) is 2.45. The zero-order chi connectivity index (χ0) is 17.5. The lowest BCUT2D eigenvalue weighted by atomic mass is 10.1. The van der Waals surface area contributed by atoms with Crippen molar-refractivity contribution in [2.24, 2.45) is 0 Å². The van der Waals surface area contributed by atoms with E-state index >= 15 is 0 Å². The summed E-state index contributed by atoms with van der Waals surface area (Å²) in [5, 5.41) is 4.59. The molecule has 0 bridgehead atoms. The van der Waals surface area contributed by atoms with Gasteiger partial charge >= 0.3 is 12.3 Å². The highest BCUT2D eigenvalue weighted by Crippen LogP contribution is 2.32. The maximum absolute atomic E-state index is 12.9. The summed E-state index contributed by atoms with van der Waals surface area (Å²) in [7, 11) is 0. The highest BCUT2D eigenvalue weighted by molar-refractivity contribution is 5.77. The maximum Gasteiger partial charge on any atom is 0.416 e. The second kappa shape index (κ2) is 8.35. The molecule has 0 saturated heterocycles. The summed E-state index contributed by atoms with van der Waals surface area (Å²) >= 11 is 0. The van der Waals surface area contributed by atoms with Gasteiger partial charge < -0.3 is 15.4 Å². The topological polar surface area (TPSA) is 67.4 Å². The first-order valence-electron chi connectivity index (χ1n) is 6.77. The molecule has 0 fully saturated rings.